The molecule has 1 heterocycles. The predicted molar refractivity (Wildman–Crippen MR) is 48.4 cm³/mol. The molecule has 0 aliphatic rings. The molecular formula is C9H10S. The second-order valence-electron chi connectivity index (χ2n) is 2.29. The molecule has 0 atom stereocenters. The third-order valence-corrected chi connectivity index (χ3v) is 1.97. The van der Waals surface area contributed by atoms with Gasteiger partial charge in [-0.3, -0.25) is 0 Å². The smallest absolute Gasteiger partial charge is 0.0270 e. The summed E-state index contributed by atoms with van der Waals surface area (Å²) in [7, 11) is 0. The molecule has 1 aromatic rings. The summed E-state index contributed by atoms with van der Waals surface area (Å²) in [6, 6.07) is 2.06. The first-order valence-corrected chi connectivity index (χ1v) is 3.98. The van der Waals surface area contributed by atoms with Crippen LogP contribution in [-0.4, -0.2) is 0 Å². The lowest BCUT2D eigenvalue weighted by Gasteiger charge is -1.80. The van der Waals surface area contributed by atoms with Gasteiger partial charge in [-0.1, -0.05) is 24.8 Å². The molecule has 1 rings (SSSR count). The summed E-state index contributed by atoms with van der Waals surface area (Å²) < 4.78 is 1.11. The van der Waals surface area contributed by atoms with Crippen LogP contribution in [0.1, 0.15) is 6.92 Å². The van der Waals surface area contributed by atoms with Crippen molar-refractivity contribution in [3.8, 4) is 0 Å². The standard InChI is InChI=1S/C9H10S/c1-7(2)6-9-4-5-10-8(9)3/h4-6H,1,3H2,2H3/b9-6-. The van der Waals surface area contributed by atoms with Crippen molar-refractivity contribution in [1.29, 1.82) is 0 Å². The molecule has 1 heteroatoms. The van der Waals surface area contributed by atoms with Crippen LogP contribution in [0.3, 0.4) is 0 Å². The highest BCUT2D eigenvalue weighted by Gasteiger charge is 1.82. The van der Waals surface area contributed by atoms with Crippen LogP contribution in [0.2, 0.25) is 0 Å². The van der Waals surface area contributed by atoms with E-state index in [0.717, 1.165) is 10.1 Å². The van der Waals surface area contributed by atoms with Crippen LogP contribution in [0.15, 0.2) is 23.6 Å². The largest absolute Gasteiger partial charge is 0.144 e. The van der Waals surface area contributed by atoms with Gasteiger partial charge < -0.3 is 0 Å². The number of rotatable bonds is 1. The van der Waals surface area contributed by atoms with Crippen LogP contribution in [0.4, 0.5) is 0 Å². The van der Waals surface area contributed by atoms with Gasteiger partial charge in [0.25, 0.3) is 0 Å². The first-order chi connectivity index (χ1) is 4.70. The van der Waals surface area contributed by atoms with Crippen LogP contribution >= 0.6 is 11.3 Å². The Bertz CT molecular complexity index is 330. The molecule has 0 aliphatic carbocycles. The number of hydrogen-bond acceptors (Lipinski definition) is 1. The summed E-state index contributed by atoms with van der Waals surface area (Å²) in [5.74, 6) is 0. The molecule has 10 heavy (non-hydrogen) atoms. The summed E-state index contributed by atoms with van der Waals surface area (Å²) in [5.41, 5.74) is 1.07. The van der Waals surface area contributed by atoms with Gasteiger partial charge in [0.2, 0.25) is 0 Å². The van der Waals surface area contributed by atoms with Crippen LogP contribution in [0, 0.1) is 0 Å². The van der Waals surface area contributed by atoms with Gasteiger partial charge in [-0.25, -0.2) is 0 Å². The molecule has 1 aromatic heterocycles. The Hall–Kier alpha value is -0.820. The second kappa shape index (κ2) is 2.84. The maximum absolute atomic E-state index is 3.88. The lowest BCUT2D eigenvalue weighted by molar-refractivity contribution is 1.60. The molecule has 0 saturated carbocycles. The van der Waals surface area contributed by atoms with Crippen molar-refractivity contribution in [3.63, 3.8) is 0 Å². The van der Waals surface area contributed by atoms with Crippen molar-refractivity contribution in [2.75, 3.05) is 0 Å². The minimum atomic E-state index is 1.07. The second-order valence-corrected chi connectivity index (χ2v) is 3.29. The highest BCUT2D eigenvalue weighted by molar-refractivity contribution is 7.07. The normalized spacial score (nSPS) is 11.9. The van der Waals surface area contributed by atoms with E-state index in [1.807, 2.05) is 18.4 Å². The summed E-state index contributed by atoms with van der Waals surface area (Å²) >= 11 is 1.66. The predicted octanol–water partition coefficient (Wildman–Crippen LogP) is 1.51. The zero-order valence-corrected chi connectivity index (χ0v) is 6.87. The number of allylic oxidation sites excluding steroid dienone is 1. The van der Waals surface area contributed by atoms with E-state index in [2.05, 4.69) is 19.2 Å². The Labute approximate surface area is 64.8 Å². The SMILES string of the molecule is C=C(C)/C=c1/ccsc1=C. The molecular weight excluding hydrogens is 140 g/mol. The Balaban J connectivity index is 3.29. The summed E-state index contributed by atoms with van der Waals surface area (Å²) in [6.45, 7) is 9.66. The van der Waals surface area contributed by atoms with Crippen molar-refractivity contribution >= 4 is 24.0 Å². The molecule has 0 nitrogen and oxygen atoms in total. The van der Waals surface area contributed by atoms with E-state index in [0.29, 0.717) is 0 Å². The fourth-order valence-corrected chi connectivity index (χ4v) is 1.39. The molecule has 0 fully saturated rings. The Morgan fingerprint density at radius 3 is 2.80 bits per heavy atom. The van der Waals surface area contributed by atoms with Crippen LogP contribution < -0.4 is 9.75 Å². The van der Waals surface area contributed by atoms with Gasteiger partial charge in [0, 0.05) is 4.53 Å². The average Bonchev–Trinajstić information content (AvgIpc) is 2.15. The Kier molecular flexibility index (Phi) is 2.07. The number of thiophene rings is 1. The Morgan fingerprint density at radius 2 is 2.40 bits per heavy atom. The summed E-state index contributed by atoms with van der Waals surface area (Å²) in [5, 5.41) is 3.23. The van der Waals surface area contributed by atoms with E-state index >= 15 is 0 Å². The van der Waals surface area contributed by atoms with Crippen LogP contribution in [0.25, 0.3) is 12.7 Å². The molecule has 0 saturated heterocycles. The molecule has 0 spiro atoms. The first-order valence-electron chi connectivity index (χ1n) is 3.10. The first kappa shape index (κ1) is 7.29. The van der Waals surface area contributed by atoms with Crippen molar-refractivity contribution in [2.45, 2.75) is 6.92 Å². The zero-order chi connectivity index (χ0) is 7.56. The van der Waals surface area contributed by atoms with Crippen LogP contribution in [0.5, 0.6) is 0 Å². The third-order valence-electron chi connectivity index (χ3n) is 1.18. The van der Waals surface area contributed by atoms with E-state index < -0.39 is 0 Å². The Morgan fingerprint density at radius 1 is 1.70 bits per heavy atom. The quantitative estimate of drug-likeness (QED) is 0.569. The molecule has 0 amide bonds. The van der Waals surface area contributed by atoms with Gasteiger partial charge in [0.1, 0.15) is 0 Å². The van der Waals surface area contributed by atoms with Gasteiger partial charge in [0.15, 0.2) is 0 Å². The molecule has 0 N–H and O–H groups in total. The van der Waals surface area contributed by atoms with Crippen molar-refractivity contribution in [2.24, 2.45) is 0 Å². The molecule has 0 unspecified atom stereocenters. The molecule has 0 bridgehead atoms. The van der Waals surface area contributed by atoms with Gasteiger partial charge in [0.05, 0.1) is 0 Å². The van der Waals surface area contributed by atoms with E-state index in [9.17, 15) is 0 Å². The maximum atomic E-state index is 3.88. The summed E-state index contributed by atoms with van der Waals surface area (Å²) in [6.07, 6.45) is 2.04. The molecule has 0 radical (unpaired) electrons. The third kappa shape index (κ3) is 1.58. The fraction of sp³-hybridized carbons (Fsp3) is 0.111. The van der Waals surface area contributed by atoms with Gasteiger partial charge in [-0.2, -0.15) is 0 Å². The van der Waals surface area contributed by atoms with Crippen molar-refractivity contribution in [1.82, 2.24) is 0 Å². The maximum Gasteiger partial charge on any atom is 0.0270 e. The van der Waals surface area contributed by atoms with Gasteiger partial charge >= 0.3 is 0 Å². The lowest BCUT2D eigenvalue weighted by atomic mass is 10.3. The van der Waals surface area contributed by atoms with Crippen LogP contribution in [-0.2, 0) is 0 Å². The number of hydrogen-bond donors (Lipinski definition) is 0. The molecule has 52 valence electrons. The topological polar surface area (TPSA) is 0 Å². The molecule has 0 aromatic carbocycles. The molecule has 0 aliphatic heterocycles. The lowest BCUT2D eigenvalue weighted by Crippen LogP contribution is -2.15. The van der Waals surface area contributed by atoms with E-state index in [-0.39, 0.29) is 0 Å². The zero-order valence-electron chi connectivity index (χ0n) is 6.05. The summed E-state index contributed by atoms with van der Waals surface area (Å²) in [4.78, 5) is 0. The monoisotopic (exact) mass is 150 g/mol. The van der Waals surface area contributed by atoms with E-state index in [1.165, 1.54) is 5.22 Å². The minimum Gasteiger partial charge on any atom is -0.144 e. The van der Waals surface area contributed by atoms with E-state index in [4.69, 9.17) is 0 Å². The highest BCUT2D eigenvalue weighted by Crippen LogP contribution is 1.87. The van der Waals surface area contributed by atoms with Crippen molar-refractivity contribution < 1.29 is 0 Å². The van der Waals surface area contributed by atoms with Gasteiger partial charge in [-0.05, 0) is 23.6 Å². The fourth-order valence-electron chi connectivity index (χ4n) is 0.745. The van der Waals surface area contributed by atoms with E-state index in [1.54, 1.807) is 11.3 Å². The minimum absolute atomic E-state index is 1.07. The van der Waals surface area contributed by atoms with Crippen molar-refractivity contribution in [3.05, 3.63) is 33.3 Å². The average molecular weight is 150 g/mol. The van der Waals surface area contributed by atoms with Gasteiger partial charge in [-0.15, -0.1) is 11.3 Å². The highest BCUT2D eigenvalue weighted by atomic mass is 32.1.